The van der Waals surface area contributed by atoms with Gasteiger partial charge in [0.2, 0.25) is 0 Å². The van der Waals surface area contributed by atoms with Crippen molar-refractivity contribution in [3.63, 3.8) is 0 Å². The van der Waals surface area contributed by atoms with Gasteiger partial charge in [-0.3, -0.25) is 0 Å². The Morgan fingerprint density at radius 3 is 2.81 bits per heavy atom. The number of rotatable bonds is 2. The van der Waals surface area contributed by atoms with E-state index >= 15 is 0 Å². The van der Waals surface area contributed by atoms with Gasteiger partial charge in [-0.1, -0.05) is 48.8 Å². The van der Waals surface area contributed by atoms with Crippen LogP contribution in [0.25, 0.3) is 0 Å². The quantitative estimate of drug-likeness (QED) is 0.876. The van der Waals surface area contributed by atoms with Crippen LogP contribution in [-0.4, -0.2) is 25.9 Å². The van der Waals surface area contributed by atoms with Crippen molar-refractivity contribution in [2.24, 2.45) is 5.41 Å². The van der Waals surface area contributed by atoms with Crippen LogP contribution in [0.15, 0.2) is 22.7 Å². The topological polar surface area (TPSA) is 47.6 Å². The molecule has 4 nitrogen and oxygen atoms in total. The summed E-state index contributed by atoms with van der Waals surface area (Å²) < 4.78 is 11.6. The maximum absolute atomic E-state index is 11.7. The minimum atomic E-state index is -0.406. The Hall–Kier alpha value is -1.07. The molecule has 0 spiro atoms. The number of carbonyl (C=O) groups is 1. The van der Waals surface area contributed by atoms with Crippen molar-refractivity contribution in [1.82, 2.24) is 5.32 Å². The minimum absolute atomic E-state index is 0.0710. The lowest BCUT2D eigenvalue weighted by Crippen LogP contribution is -2.49. The van der Waals surface area contributed by atoms with Gasteiger partial charge in [0.1, 0.15) is 0 Å². The largest absolute Gasteiger partial charge is 0.453 e. The van der Waals surface area contributed by atoms with Crippen molar-refractivity contribution >= 4 is 22.0 Å². The second kappa shape index (κ2) is 6.36. The standard InChI is InChI=1S/C16H22BrNO3/c1-16(2,3)14(18-15(19)20-4)12-9-21-8-11-10(12)6-5-7-13(11)17/h5-7,12,14H,8-9H2,1-4H3,(H,18,19). The molecule has 2 atom stereocenters. The molecular formula is C16H22BrNO3. The van der Waals surface area contributed by atoms with Crippen LogP contribution >= 0.6 is 15.9 Å². The molecule has 1 aliphatic heterocycles. The van der Waals surface area contributed by atoms with Crippen LogP contribution in [0.1, 0.15) is 37.8 Å². The summed E-state index contributed by atoms with van der Waals surface area (Å²) in [6.45, 7) is 7.53. The summed E-state index contributed by atoms with van der Waals surface area (Å²) in [5.74, 6) is 0.102. The molecule has 0 aliphatic carbocycles. The van der Waals surface area contributed by atoms with E-state index in [1.54, 1.807) is 0 Å². The van der Waals surface area contributed by atoms with E-state index in [0.717, 1.165) is 10.0 Å². The molecule has 21 heavy (non-hydrogen) atoms. The third-order valence-electron chi connectivity index (χ3n) is 3.89. The van der Waals surface area contributed by atoms with Crippen LogP contribution in [0.3, 0.4) is 0 Å². The molecule has 1 amide bonds. The highest BCUT2D eigenvalue weighted by atomic mass is 79.9. The molecule has 0 bridgehead atoms. The zero-order valence-corrected chi connectivity index (χ0v) is 14.5. The first-order valence-electron chi connectivity index (χ1n) is 7.04. The molecule has 0 fully saturated rings. The molecule has 0 radical (unpaired) electrons. The van der Waals surface area contributed by atoms with Crippen LogP contribution in [0.5, 0.6) is 0 Å². The van der Waals surface area contributed by atoms with Crippen molar-refractivity contribution in [3.8, 4) is 0 Å². The lowest BCUT2D eigenvalue weighted by molar-refractivity contribution is 0.0608. The van der Waals surface area contributed by atoms with Gasteiger partial charge in [0.15, 0.2) is 0 Å². The van der Waals surface area contributed by atoms with E-state index in [2.05, 4.69) is 48.1 Å². The van der Waals surface area contributed by atoms with Crippen LogP contribution < -0.4 is 5.32 Å². The maximum atomic E-state index is 11.7. The first-order chi connectivity index (χ1) is 9.84. The Morgan fingerprint density at radius 2 is 2.19 bits per heavy atom. The van der Waals surface area contributed by atoms with E-state index in [1.165, 1.54) is 12.7 Å². The lowest BCUT2D eigenvalue weighted by atomic mass is 9.75. The Kier molecular flexibility index (Phi) is 4.94. The fourth-order valence-electron chi connectivity index (χ4n) is 2.84. The maximum Gasteiger partial charge on any atom is 0.407 e. The third kappa shape index (κ3) is 3.58. The van der Waals surface area contributed by atoms with Crippen molar-refractivity contribution in [2.45, 2.75) is 39.3 Å². The molecule has 1 heterocycles. The normalized spacial score (nSPS) is 19.6. The summed E-state index contributed by atoms with van der Waals surface area (Å²) in [5, 5.41) is 2.98. The van der Waals surface area contributed by atoms with Gasteiger partial charge >= 0.3 is 6.09 Å². The van der Waals surface area contributed by atoms with Gasteiger partial charge < -0.3 is 14.8 Å². The number of ether oxygens (including phenoxy) is 2. The van der Waals surface area contributed by atoms with Gasteiger partial charge in [-0.2, -0.15) is 0 Å². The molecule has 5 heteroatoms. The highest BCUT2D eigenvalue weighted by Gasteiger charge is 2.37. The number of carbonyl (C=O) groups excluding carboxylic acids is 1. The molecule has 1 aliphatic rings. The monoisotopic (exact) mass is 355 g/mol. The summed E-state index contributed by atoms with van der Waals surface area (Å²) in [6.07, 6.45) is -0.406. The van der Waals surface area contributed by atoms with Crippen LogP contribution in [0.2, 0.25) is 0 Å². The Morgan fingerprint density at radius 1 is 1.48 bits per heavy atom. The van der Waals surface area contributed by atoms with Crippen LogP contribution in [-0.2, 0) is 16.1 Å². The number of benzene rings is 1. The molecule has 0 aromatic heterocycles. The predicted octanol–water partition coefficient (Wildman–Crippen LogP) is 3.83. The summed E-state index contributed by atoms with van der Waals surface area (Å²) in [4.78, 5) is 11.7. The van der Waals surface area contributed by atoms with E-state index in [-0.39, 0.29) is 17.4 Å². The average Bonchev–Trinajstić information content (AvgIpc) is 2.43. The predicted molar refractivity (Wildman–Crippen MR) is 85.3 cm³/mol. The fourth-order valence-corrected chi connectivity index (χ4v) is 3.33. The minimum Gasteiger partial charge on any atom is -0.453 e. The smallest absolute Gasteiger partial charge is 0.407 e. The highest BCUT2D eigenvalue weighted by Crippen LogP contribution is 2.38. The highest BCUT2D eigenvalue weighted by molar-refractivity contribution is 9.10. The zero-order valence-electron chi connectivity index (χ0n) is 12.9. The second-order valence-corrected chi connectivity index (χ2v) is 7.26. The molecule has 1 aromatic rings. The summed E-state index contributed by atoms with van der Waals surface area (Å²) in [7, 11) is 1.39. The number of hydrogen-bond acceptors (Lipinski definition) is 3. The number of hydrogen-bond donors (Lipinski definition) is 1. The van der Waals surface area contributed by atoms with Gasteiger partial charge in [0, 0.05) is 16.4 Å². The Bertz CT molecular complexity index is 525. The number of methoxy groups -OCH3 is 1. The Labute approximate surface area is 134 Å². The molecule has 116 valence electrons. The summed E-state index contributed by atoms with van der Waals surface area (Å²) in [6, 6.07) is 6.09. The van der Waals surface area contributed by atoms with E-state index in [0.29, 0.717) is 13.2 Å². The molecule has 0 saturated heterocycles. The van der Waals surface area contributed by atoms with Gasteiger partial charge in [-0.05, 0) is 22.6 Å². The second-order valence-electron chi connectivity index (χ2n) is 6.41. The van der Waals surface area contributed by atoms with Gasteiger partial charge in [-0.25, -0.2) is 4.79 Å². The van der Waals surface area contributed by atoms with Gasteiger partial charge in [-0.15, -0.1) is 0 Å². The number of alkyl carbamates (subject to hydrolysis) is 1. The zero-order chi connectivity index (χ0) is 15.6. The molecule has 1 aromatic carbocycles. The van der Waals surface area contributed by atoms with Gasteiger partial charge in [0.25, 0.3) is 0 Å². The molecular weight excluding hydrogens is 334 g/mol. The lowest BCUT2D eigenvalue weighted by Gasteiger charge is -2.40. The number of amides is 1. The summed E-state index contributed by atoms with van der Waals surface area (Å²) >= 11 is 3.58. The SMILES string of the molecule is COC(=O)NC(C1COCc2c(Br)cccc21)C(C)(C)C. The van der Waals surface area contributed by atoms with E-state index in [9.17, 15) is 4.79 Å². The van der Waals surface area contributed by atoms with E-state index < -0.39 is 6.09 Å². The third-order valence-corrected chi connectivity index (χ3v) is 4.64. The molecule has 1 N–H and O–H groups in total. The van der Waals surface area contributed by atoms with Crippen molar-refractivity contribution in [3.05, 3.63) is 33.8 Å². The first-order valence-corrected chi connectivity index (χ1v) is 7.83. The fraction of sp³-hybridized carbons (Fsp3) is 0.562. The Balaban J connectivity index is 2.39. The number of fused-ring (bicyclic) bond motifs is 1. The summed E-state index contributed by atoms with van der Waals surface area (Å²) in [5.41, 5.74) is 2.28. The first kappa shape index (κ1) is 16.3. The van der Waals surface area contributed by atoms with Crippen LogP contribution in [0.4, 0.5) is 4.79 Å². The van der Waals surface area contributed by atoms with Gasteiger partial charge in [0.05, 0.1) is 20.3 Å². The van der Waals surface area contributed by atoms with Crippen molar-refractivity contribution in [1.29, 1.82) is 0 Å². The number of halogens is 1. The van der Waals surface area contributed by atoms with Crippen LogP contribution in [0, 0.1) is 5.41 Å². The van der Waals surface area contributed by atoms with E-state index in [1.807, 2.05) is 12.1 Å². The van der Waals surface area contributed by atoms with E-state index in [4.69, 9.17) is 9.47 Å². The molecule has 2 rings (SSSR count). The molecule has 0 saturated carbocycles. The van der Waals surface area contributed by atoms with Crippen molar-refractivity contribution in [2.75, 3.05) is 13.7 Å². The average molecular weight is 356 g/mol. The van der Waals surface area contributed by atoms with Crippen molar-refractivity contribution < 1.29 is 14.3 Å². The molecule has 2 unspecified atom stereocenters. The number of nitrogens with one attached hydrogen (secondary N) is 1.